The molecular weight excluding hydrogens is 470 g/mol. The molecule has 0 bridgehead atoms. The van der Waals surface area contributed by atoms with Gasteiger partial charge in [-0.15, -0.1) is 16.4 Å². The molecule has 176 valence electrons. The highest BCUT2D eigenvalue weighted by molar-refractivity contribution is 7.17. The normalized spacial score (nSPS) is 18.5. The lowest BCUT2D eigenvalue weighted by atomic mass is 9.78. The fourth-order valence-corrected chi connectivity index (χ4v) is 6.55. The van der Waals surface area contributed by atoms with Crippen molar-refractivity contribution in [2.24, 2.45) is 11.8 Å². The van der Waals surface area contributed by atoms with Gasteiger partial charge in [0.1, 0.15) is 5.82 Å². The maximum absolute atomic E-state index is 6.30. The number of anilines is 4. The Morgan fingerprint density at radius 1 is 1.09 bits per heavy atom. The minimum Gasteiger partial charge on any atom is -0.382 e. The van der Waals surface area contributed by atoms with E-state index < -0.39 is 0 Å². The lowest BCUT2D eigenvalue weighted by Crippen LogP contribution is -2.22. The lowest BCUT2D eigenvalue weighted by molar-refractivity contribution is 0.302. The van der Waals surface area contributed by atoms with Gasteiger partial charge in [0.15, 0.2) is 5.82 Å². The SMILES string of the molecule is Cc1csc2c(-n3nc(Nc4cc5c(nc4N)CCC(C4CCCC4)C5)nc3N)nc(Cl)nc12. The molecule has 0 aliphatic heterocycles. The van der Waals surface area contributed by atoms with Crippen molar-refractivity contribution in [2.45, 2.75) is 51.9 Å². The quantitative estimate of drug-likeness (QED) is 0.343. The lowest BCUT2D eigenvalue weighted by Gasteiger charge is -2.29. The van der Waals surface area contributed by atoms with Crippen LogP contribution in [0.1, 0.15) is 48.9 Å². The Balaban J connectivity index is 1.31. The number of hydrogen-bond donors (Lipinski definition) is 3. The maximum atomic E-state index is 6.30. The molecule has 11 heteroatoms. The fraction of sp³-hybridized carbons (Fsp3) is 0.435. The standard InChI is InChI=1S/C23H26ClN9S/c1-11-10-34-18-17(11)29-21(24)30-20(18)33-22(26)31-23(32-33)28-16-9-14-8-13(12-4-2-3-5-12)6-7-15(14)27-19(16)25/h9-10,12-13H,2-8H2,1H3,(H2,25,27)(H3,26,28,31,32). The van der Waals surface area contributed by atoms with Gasteiger partial charge >= 0.3 is 0 Å². The predicted molar refractivity (Wildman–Crippen MR) is 136 cm³/mol. The Labute approximate surface area is 206 Å². The van der Waals surface area contributed by atoms with E-state index in [0.29, 0.717) is 23.3 Å². The number of aromatic nitrogens is 6. The molecule has 0 saturated heterocycles. The van der Waals surface area contributed by atoms with Crippen LogP contribution in [0.3, 0.4) is 0 Å². The number of halogens is 1. The van der Waals surface area contributed by atoms with Crippen molar-refractivity contribution < 1.29 is 0 Å². The van der Waals surface area contributed by atoms with Crippen LogP contribution in [0, 0.1) is 18.8 Å². The van der Waals surface area contributed by atoms with E-state index in [9.17, 15) is 0 Å². The van der Waals surface area contributed by atoms with E-state index in [4.69, 9.17) is 28.1 Å². The molecule has 1 atom stereocenters. The first-order chi connectivity index (χ1) is 16.5. The zero-order valence-corrected chi connectivity index (χ0v) is 20.5. The maximum Gasteiger partial charge on any atom is 0.249 e. The van der Waals surface area contributed by atoms with Gasteiger partial charge in [0.2, 0.25) is 17.2 Å². The number of nitrogens with two attached hydrogens (primary N) is 2. The van der Waals surface area contributed by atoms with Gasteiger partial charge in [0.25, 0.3) is 0 Å². The van der Waals surface area contributed by atoms with Crippen LogP contribution in [0.4, 0.5) is 23.4 Å². The summed E-state index contributed by atoms with van der Waals surface area (Å²) in [4.78, 5) is 17.8. The first kappa shape index (κ1) is 21.5. The van der Waals surface area contributed by atoms with E-state index in [1.807, 2.05) is 12.3 Å². The second-order valence-corrected chi connectivity index (χ2v) is 10.5. The highest BCUT2D eigenvalue weighted by Gasteiger charge is 2.29. The van der Waals surface area contributed by atoms with Gasteiger partial charge in [-0.1, -0.05) is 25.7 Å². The molecule has 1 unspecified atom stereocenters. The first-order valence-electron chi connectivity index (χ1n) is 11.7. The summed E-state index contributed by atoms with van der Waals surface area (Å²) in [6, 6.07) is 2.11. The average molecular weight is 496 g/mol. The topological polar surface area (TPSA) is 133 Å². The molecule has 9 nitrogen and oxygen atoms in total. The van der Waals surface area contributed by atoms with E-state index in [0.717, 1.165) is 46.2 Å². The van der Waals surface area contributed by atoms with E-state index in [-0.39, 0.29) is 11.2 Å². The molecule has 2 aliphatic rings. The van der Waals surface area contributed by atoms with Crippen molar-refractivity contribution in [3.8, 4) is 5.82 Å². The summed E-state index contributed by atoms with van der Waals surface area (Å²) in [6.45, 7) is 1.98. The number of thiophene rings is 1. The number of nitrogens with zero attached hydrogens (tertiary/aromatic N) is 6. The number of aryl methyl sites for hydroxylation is 2. The Morgan fingerprint density at radius 3 is 2.74 bits per heavy atom. The summed E-state index contributed by atoms with van der Waals surface area (Å²) in [7, 11) is 0. The zero-order valence-electron chi connectivity index (χ0n) is 18.9. The molecule has 6 rings (SSSR count). The van der Waals surface area contributed by atoms with Crippen LogP contribution in [-0.2, 0) is 12.8 Å². The molecule has 1 saturated carbocycles. The second-order valence-electron chi connectivity index (χ2n) is 9.32. The summed E-state index contributed by atoms with van der Waals surface area (Å²) >= 11 is 7.69. The molecule has 5 N–H and O–H groups in total. The van der Waals surface area contributed by atoms with E-state index >= 15 is 0 Å². The van der Waals surface area contributed by atoms with Gasteiger partial charge in [-0.05, 0) is 72.2 Å². The molecule has 1 fully saturated rings. The van der Waals surface area contributed by atoms with Crippen molar-refractivity contribution in [3.63, 3.8) is 0 Å². The monoisotopic (exact) mass is 495 g/mol. The largest absolute Gasteiger partial charge is 0.382 e. The zero-order chi connectivity index (χ0) is 23.4. The first-order valence-corrected chi connectivity index (χ1v) is 12.9. The predicted octanol–water partition coefficient (Wildman–Crippen LogP) is 4.83. The molecule has 4 heterocycles. The van der Waals surface area contributed by atoms with Gasteiger partial charge in [-0.25, -0.2) is 9.97 Å². The van der Waals surface area contributed by atoms with Crippen LogP contribution in [0.15, 0.2) is 11.4 Å². The number of nitrogen functional groups attached to an aromatic ring is 2. The average Bonchev–Trinajstić information content (AvgIpc) is 3.55. The number of pyridine rings is 1. The van der Waals surface area contributed by atoms with Crippen LogP contribution < -0.4 is 16.8 Å². The highest BCUT2D eigenvalue weighted by atomic mass is 35.5. The van der Waals surface area contributed by atoms with Gasteiger partial charge in [-0.3, -0.25) is 0 Å². The van der Waals surface area contributed by atoms with E-state index in [2.05, 4.69) is 31.4 Å². The molecule has 0 aromatic carbocycles. The van der Waals surface area contributed by atoms with Gasteiger partial charge in [-0.2, -0.15) is 14.6 Å². The van der Waals surface area contributed by atoms with Crippen LogP contribution >= 0.6 is 22.9 Å². The Hall–Kier alpha value is -2.98. The highest BCUT2D eigenvalue weighted by Crippen LogP contribution is 2.40. The number of nitrogens with one attached hydrogen (secondary N) is 1. The van der Waals surface area contributed by atoms with Crippen molar-refractivity contribution in [3.05, 3.63) is 33.6 Å². The van der Waals surface area contributed by atoms with Gasteiger partial charge in [0.05, 0.1) is 15.9 Å². The van der Waals surface area contributed by atoms with E-state index in [1.165, 1.54) is 53.7 Å². The Bertz CT molecular complexity index is 1390. The summed E-state index contributed by atoms with van der Waals surface area (Å²) in [5, 5.41) is 9.91. The summed E-state index contributed by atoms with van der Waals surface area (Å²) in [5.41, 5.74) is 17.4. The third-order valence-corrected chi connectivity index (χ3v) is 8.40. The molecule has 0 spiro atoms. The van der Waals surface area contributed by atoms with Crippen LogP contribution in [0.25, 0.3) is 16.0 Å². The van der Waals surface area contributed by atoms with Crippen molar-refractivity contribution in [2.75, 3.05) is 16.8 Å². The third-order valence-electron chi connectivity index (χ3n) is 7.15. The smallest absolute Gasteiger partial charge is 0.249 e. The number of hydrogen-bond acceptors (Lipinski definition) is 9. The molecule has 2 aliphatic carbocycles. The minimum absolute atomic E-state index is 0.133. The third kappa shape index (κ3) is 3.74. The minimum atomic E-state index is 0.133. The van der Waals surface area contributed by atoms with Crippen LogP contribution in [0.5, 0.6) is 0 Å². The molecular formula is C23H26ClN9S. The molecule has 0 radical (unpaired) electrons. The van der Waals surface area contributed by atoms with Crippen LogP contribution in [0.2, 0.25) is 5.28 Å². The second kappa shape index (κ2) is 8.35. The fourth-order valence-electron chi connectivity index (χ4n) is 5.43. The number of fused-ring (bicyclic) bond motifs is 2. The Morgan fingerprint density at radius 2 is 1.91 bits per heavy atom. The van der Waals surface area contributed by atoms with Gasteiger partial charge < -0.3 is 16.8 Å². The summed E-state index contributed by atoms with van der Waals surface area (Å²) in [5.74, 6) is 3.04. The van der Waals surface area contributed by atoms with Crippen LogP contribution in [-0.4, -0.2) is 29.7 Å². The van der Waals surface area contributed by atoms with Crippen molar-refractivity contribution in [1.29, 1.82) is 0 Å². The van der Waals surface area contributed by atoms with E-state index in [1.54, 1.807) is 0 Å². The summed E-state index contributed by atoms with van der Waals surface area (Å²) < 4.78 is 2.32. The molecule has 0 amide bonds. The van der Waals surface area contributed by atoms with Crippen molar-refractivity contribution >= 4 is 56.6 Å². The molecule has 34 heavy (non-hydrogen) atoms. The number of rotatable bonds is 4. The molecule has 4 aromatic rings. The van der Waals surface area contributed by atoms with Crippen molar-refractivity contribution in [1.82, 2.24) is 29.7 Å². The van der Waals surface area contributed by atoms with Gasteiger partial charge in [0, 0.05) is 5.69 Å². The molecule has 4 aromatic heterocycles. The Kier molecular flexibility index (Phi) is 5.29. The summed E-state index contributed by atoms with van der Waals surface area (Å²) in [6.07, 6.45) is 8.71.